The molecule has 0 aromatic rings. The average molecular weight is 222 g/mol. The summed E-state index contributed by atoms with van der Waals surface area (Å²) in [5.41, 5.74) is 0.726. The van der Waals surface area contributed by atoms with E-state index in [-0.39, 0.29) is 22.6 Å². The summed E-state index contributed by atoms with van der Waals surface area (Å²) in [5.74, 6) is 0. The Labute approximate surface area is 89.7 Å². The summed E-state index contributed by atoms with van der Waals surface area (Å²) >= 11 is 0. The molecule has 0 fully saturated rings. The van der Waals surface area contributed by atoms with Gasteiger partial charge in [-0.2, -0.15) is 0 Å². The van der Waals surface area contributed by atoms with Gasteiger partial charge in [-0.05, 0) is 0 Å². The van der Waals surface area contributed by atoms with Crippen LogP contribution >= 0.6 is 6.91 Å². The van der Waals surface area contributed by atoms with Crippen LogP contribution in [-0.4, -0.2) is 22.6 Å². The summed E-state index contributed by atoms with van der Waals surface area (Å²) in [6.07, 6.45) is 0. The number of hydrogen-bond acceptors (Lipinski definition) is 0. The van der Waals surface area contributed by atoms with Crippen molar-refractivity contribution in [3.63, 3.8) is 0 Å². The van der Waals surface area contributed by atoms with E-state index < -0.39 is 6.91 Å². The van der Waals surface area contributed by atoms with E-state index in [4.69, 9.17) is 0 Å². The Bertz CT molecular complexity index is 151. The van der Waals surface area contributed by atoms with Crippen LogP contribution < -0.4 is 0 Å². The summed E-state index contributed by atoms with van der Waals surface area (Å²) < 4.78 is 15.8. The van der Waals surface area contributed by atoms with Gasteiger partial charge in [0, 0.05) is 0 Å². The van der Waals surface area contributed by atoms with Crippen LogP contribution in [0.5, 0.6) is 0 Å². The summed E-state index contributed by atoms with van der Waals surface area (Å²) in [5, 5.41) is 0. The first kappa shape index (κ1) is 14.4. The summed E-state index contributed by atoms with van der Waals surface area (Å²) in [6.45, 7) is 13.5. The SMILES string of the molecule is CC(C)P(F)(C(C)C)(C(C)C)C(C)C. The molecule has 0 aromatic heterocycles. The zero-order valence-corrected chi connectivity index (χ0v) is 12.0. The molecule has 0 rings (SSSR count). The topological polar surface area (TPSA) is 0 Å². The molecule has 0 heterocycles. The predicted molar refractivity (Wildman–Crippen MR) is 68.6 cm³/mol. The van der Waals surface area contributed by atoms with Gasteiger partial charge >= 0.3 is 89.1 Å². The van der Waals surface area contributed by atoms with E-state index >= 15 is 4.20 Å². The monoisotopic (exact) mass is 222 g/mol. The molecule has 0 saturated carbocycles. The fourth-order valence-electron chi connectivity index (χ4n) is 3.58. The van der Waals surface area contributed by atoms with Crippen molar-refractivity contribution in [2.45, 2.75) is 78.0 Å². The molecule has 0 bridgehead atoms. The zero-order chi connectivity index (χ0) is 11.8. The van der Waals surface area contributed by atoms with Crippen LogP contribution in [0.2, 0.25) is 0 Å². The number of halogens is 1. The van der Waals surface area contributed by atoms with E-state index in [0.717, 1.165) is 0 Å². The molecule has 0 aromatic carbocycles. The first-order valence-electron chi connectivity index (χ1n) is 5.82. The third-order valence-corrected chi connectivity index (χ3v) is 13.1. The van der Waals surface area contributed by atoms with E-state index in [1.165, 1.54) is 0 Å². The average Bonchev–Trinajstić information content (AvgIpc) is 2.00. The van der Waals surface area contributed by atoms with Crippen LogP contribution in [0, 0.1) is 0 Å². The molecule has 14 heavy (non-hydrogen) atoms. The Morgan fingerprint density at radius 2 is 0.714 bits per heavy atom. The van der Waals surface area contributed by atoms with E-state index in [1.54, 1.807) is 0 Å². The third-order valence-electron chi connectivity index (χ3n) is 4.36. The molecule has 0 nitrogen and oxygen atoms in total. The normalized spacial score (nSPS) is 16.8. The third kappa shape index (κ3) is 1.52. The Kier molecular flexibility index (Phi) is 4.19. The second-order valence-corrected chi connectivity index (χ2v) is 12.4. The van der Waals surface area contributed by atoms with Crippen LogP contribution in [0.25, 0.3) is 0 Å². The van der Waals surface area contributed by atoms with Crippen LogP contribution in [-0.2, 0) is 0 Å². The minimum atomic E-state index is -3.09. The van der Waals surface area contributed by atoms with Gasteiger partial charge in [-0.1, -0.05) is 0 Å². The number of rotatable bonds is 4. The van der Waals surface area contributed by atoms with Gasteiger partial charge in [0.1, 0.15) is 0 Å². The molecule has 0 spiro atoms. The van der Waals surface area contributed by atoms with E-state index in [9.17, 15) is 0 Å². The zero-order valence-electron chi connectivity index (χ0n) is 11.1. The summed E-state index contributed by atoms with van der Waals surface area (Å²) in [4.78, 5) is 0. The van der Waals surface area contributed by atoms with Crippen molar-refractivity contribution in [1.29, 1.82) is 0 Å². The van der Waals surface area contributed by atoms with Crippen LogP contribution in [0.4, 0.5) is 4.20 Å². The van der Waals surface area contributed by atoms with Gasteiger partial charge in [0.25, 0.3) is 0 Å². The van der Waals surface area contributed by atoms with E-state index in [2.05, 4.69) is 55.4 Å². The van der Waals surface area contributed by atoms with Crippen molar-refractivity contribution >= 4 is 6.91 Å². The molecule has 0 aliphatic heterocycles. The van der Waals surface area contributed by atoms with Gasteiger partial charge in [0.2, 0.25) is 0 Å². The van der Waals surface area contributed by atoms with Crippen molar-refractivity contribution in [3.8, 4) is 0 Å². The van der Waals surface area contributed by atoms with Crippen molar-refractivity contribution in [2.24, 2.45) is 0 Å². The molecular formula is C12H28FP. The molecule has 0 radical (unpaired) electrons. The maximum atomic E-state index is 15.8. The van der Waals surface area contributed by atoms with Crippen LogP contribution in [0.1, 0.15) is 55.4 Å². The fourth-order valence-corrected chi connectivity index (χ4v) is 10.7. The summed E-state index contributed by atoms with van der Waals surface area (Å²) in [6, 6.07) is 0. The second kappa shape index (κ2) is 4.08. The standard InChI is InChI=1S/C12H28FP/c1-9(2)14(13,10(3)4,11(5)6)12(7)8/h9-12H,1-8H3. The van der Waals surface area contributed by atoms with E-state index in [1.807, 2.05) is 0 Å². The van der Waals surface area contributed by atoms with Crippen LogP contribution in [0.15, 0.2) is 0 Å². The maximum absolute atomic E-state index is 15.8. The van der Waals surface area contributed by atoms with E-state index in [0.29, 0.717) is 0 Å². The molecular weight excluding hydrogens is 194 g/mol. The minimum absolute atomic E-state index is 0.181. The van der Waals surface area contributed by atoms with Gasteiger partial charge < -0.3 is 0 Å². The molecule has 88 valence electrons. The van der Waals surface area contributed by atoms with Gasteiger partial charge in [-0.3, -0.25) is 0 Å². The van der Waals surface area contributed by atoms with Crippen molar-refractivity contribution < 1.29 is 4.20 Å². The Morgan fingerprint density at radius 3 is 0.714 bits per heavy atom. The molecule has 0 atom stereocenters. The molecule has 2 heteroatoms. The molecule has 0 N–H and O–H groups in total. The Hall–Kier alpha value is 0.360. The number of hydrogen-bond donors (Lipinski definition) is 0. The molecule has 0 unspecified atom stereocenters. The fraction of sp³-hybridized carbons (Fsp3) is 1.00. The van der Waals surface area contributed by atoms with Crippen molar-refractivity contribution in [2.75, 3.05) is 0 Å². The van der Waals surface area contributed by atoms with Gasteiger partial charge in [-0.25, -0.2) is 0 Å². The molecule has 0 aliphatic carbocycles. The quantitative estimate of drug-likeness (QED) is 0.583. The van der Waals surface area contributed by atoms with Gasteiger partial charge in [0.05, 0.1) is 0 Å². The Balaban J connectivity index is 5.62. The predicted octanol–water partition coefficient (Wildman–Crippen LogP) is 5.06. The summed E-state index contributed by atoms with van der Waals surface area (Å²) in [7, 11) is 0. The van der Waals surface area contributed by atoms with Crippen molar-refractivity contribution in [1.82, 2.24) is 0 Å². The first-order valence-corrected chi connectivity index (χ1v) is 8.22. The van der Waals surface area contributed by atoms with Gasteiger partial charge in [-0.15, -0.1) is 0 Å². The first-order chi connectivity index (χ1) is 6.10. The molecule has 0 amide bonds. The second-order valence-electron chi connectivity index (χ2n) is 5.66. The van der Waals surface area contributed by atoms with Crippen LogP contribution in [0.3, 0.4) is 0 Å². The van der Waals surface area contributed by atoms with Crippen molar-refractivity contribution in [3.05, 3.63) is 0 Å². The molecule has 0 aliphatic rings. The van der Waals surface area contributed by atoms with Gasteiger partial charge in [0.15, 0.2) is 0 Å². The molecule has 0 saturated heterocycles. The Morgan fingerprint density at radius 1 is 0.571 bits per heavy atom.